The molecule has 0 atom stereocenters. The van der Waals surface area contributed by atoms with Gasteiger partial charge < -0.3 is 9.47 Å². The predicted molar refractivity (Wildman–Crippen MR) is 119 cm³/mol. The first-order valence-electron chi connectivity index (χ1n) is 9.94. The van der Waals surface area contributed by atoms with Gasteiger partial charge in [-0.05, 0) is 41.3 Å². The zero-order valence-corrected chi connectivity index (χ0v) is 16.9. The fourth-order valence-corrected chi connectivity index (χ4v) is 3.44. The van der Waals surface area contributed by atoms with Crippen LogP contribution in [-0.2, 0) is 17.8 Å². The van der Waals surface area contributed by atoms with Crippen molar-refractivity contribution in [3.63, 3.8) is 0 Å². The van der Waals surface area contributed by atoms with Crippen LogP contribution in [0.15, 0.2) is 83.9 Å². The number of carbonyl (C=O) groups is 1. The first kappa shape index (κ1) is 19.6. The molecule has 4 rings (SSSR count). The minimum absolute atomic E-state index is 0.111. The van der Waals surface area contributed by atoms with Crippen LogP contribution in [0.1, 0.15) is 22.3 Å². The zero-order valence-electron chi connectivity index (χ0n) is 16.9. The molecule has 0 saturated carbocycles. The van der Waals surface area contributed by atoms with Crippen molar-refractivity contribution in [2.75, 3.05) is 13.7 Å². The van der Waals surface area contributed by atoms with Gasteiger partial charge in [0.15, 0.2) is 11.5 Å². The molecule has 0 unspecified atom stereocenters. The highest BCUT2D eigenvalue weighted by Crippen LogP contribution is 2.33. The molecule has 1 aliphatic rings. The number of fused-ring (bicyclic) bond motifs is 1. The molecule has 0 N–H and O–H groups in total. The smallest absolute Gasteiger partial charge is 0.204 e. The van der Waals surface area contributed by atoms with Gasteiger partial charge in [-0.15, -0.1) is 0 Å². The normalized spacial score (nSPS) is 12.9. The van der Waals surface area contributed by atoms with Crippen LogP contribution in [0.3, 0.4) is 0 Å². The molecular formula is C26H23NO3. The summed E-state index contributed by atoms with van der Waals surface area (Å²) in [5.74, 6) is 1.16. The summed E-state index contributed by atoms with van der Waals surface area (Å²) in [4.78, 5) is 17.3. The molecule has 0 aromatic heterocycles. The molecule has 0 spiro atoms. The fourth-order valence-electron chi connectivity index (χ4n) is 3.44. The van der Waals surface area contributed by atoms with Crippen LogP contribution in [0.2, 0.25) is 0 Å². The summed E-state index contributed by atoms with van der Waals surface area (Å²) in [7, 11) is 1.61. The van der Waals surface area contributed by atoms with Gasteiger partial charge in [0, 0.05) is 12.1 Å². The van der Waals surface area contributed by atoms with E-state index in [2.05, 4.69) is 4.99 Å². The second-order valence-electron chi connectivity index (χ2n) is 7.02. The summed E-state index contributed by atoms with van der Waals surface area (Å²) >= 11 is 0. The minimum Gasteiger partial charge on any atom is -0.493 e. The second-order valence-corrected chi connectivity index (χ2v) is 7.02. The van der Waals surface area contributed by atoms with Gasteiger partial charge in [0.1, 0.15) is 12.3 Å². The lowest BCUT2D eigenvalue weighted by atomic mass is 9.94. The fraction of sp³-hybridized carbons (Fsp3) is 0.154. The summed E-state index contributed by atoms with van der Waals surface area (Å²) in [5.41, 5.74) is 4.39. The van der Waals surface area contributed by atoms with E-state index in [1.807, 2.05) is 78.9 Å². The van der Waals surface area contributed by atoms with Crippen LogP contribution in [0, 0.1) is 0 Å². The van der Waals surface area contributed by atoms with Crippen LogP contribution in [0.5, 0.6) is 11.5 Å². The van der Waals surface area contributed by atoms with Crippen LogP contribution in [0.4, 0.5) is 0 Å². The summed E-state index contributed by atoms with van der Waals surface area (Å²) < 4.78 is 11.6. The predicted octanol–water partition coefficient (Wildman–Crippen LogP) is 4.90. The number of rotatable bonds is 7. The molecular weight excluding hydrogens is 374 g/mol. The van der Waals surface area contributed by atoms with Gasteiger partial charge in [-0.3, -0.25) is 9.79 Å². The molecule has 0 aliphatic carbocycles. The Morgan fingerprint density at radius 3 is 2.47 bits per heavy atom. The molecule has 4 heteroatoms. The summed E-state index contributed by atoms with van der Waals surface area (Å²) in [6, 6.07) is 23.6. The molecule has 3 aromatic carbocycles. The molecule has 0 amide bonds. The first-order chi connectivity index (χ1) is 14.7. The van der Waals surface area contributed by atoms with Crippen molar-refractivity contribution < 1.29 is 14.3 Å². The van der Waals surface area contributed by atoms with Crippen LogP contribution in [0.25, 0.3) is 6.08 Å². The molecule has 4 nitrogen and oxygen atoms in total. The Labute approximate surface area is 176 Å². The van der Waals surface area contributed by atoms with Crippen LogP contribution < -0.4 is 9.47 Å². The number of benzene rings is 3. The Morgan fingerprint density at radius 1 is 1.00 bits per heavy atom. The number of methoxy groups -OCH3 is 1. The monoisotopic (exact) mass is 397 g/mol. The Hall–Kier alpha value is -3.66. The molecule has 30 heavy (non-hydrogen) atoms. The second kappa shape index (κ2) is 9.23. The first-order valence-corrected chi connectivity index (χ1v) is 9.94. The van der Waals surface area contributed by atoms with Gasteiger partial charge in [0.05, 0.1) is 7.11 Å². The Kier molecular flexibility index (Phi) is 6.04. The molecule has 0 saturated heterocycles. The Balaban J connectivity index is 1.57. The van der Waals surface area contributed by atoms with E-state index in [-0.39, 0.29) is 5.78 Å². The van der Waals surface area contributed by atoms with Crippen molar-refractivity contribution in [3.8, 4) is 11.5 Å². The zero-order chi connectivity index (χ0) is 20.8. The molecule has 0 fully saturated rings. The highest BCUT2D eigenvalue weighted by atomic mass is 16.5. The van der Waals surface area contributed by atoms with Crippen molar-refractivity contribution in [2.24, 2.45) is 4.99 Å². The van der Waals surface area contributed by atoms with Crippen molar-refractivity contribution in [1.29, 1.82) is 0 Å². The summed E-state index contributed by atoms with van der Waals surface area (Å²) in [5, 5.41) is 0. The van der Waals surface area contributed by atoms with E-state index in [0.717, 1.165) is 28.7 Å². The number of allylic oxidation sites excluding steroid dienone is 1. The van der Waals surface area contributed by atoms with Gasteiger partial charge in [-0.1, -0.05) is 66.7 Å². The third kappa shape index (κ3) is 4.49. The van der Waals surface area contributed by atoms with Crippen molar-refractivity contribution in [3.05, 3.63) is 101 Å². The number of hydrogen-bond donors (Lipinski definition) is 0. The average molecular weight is 397 g/mol. The van der Waals surface area contributed by atoms with Crippen molar-refractivity contribution in [2.45, 2.75) is 13.0 Å². The average Bonchev–Trinajstić information content (AvgIpc) is 2.81. The van der Waals surface area contributed by atoms with E-state index in [1.165, 1.54) is 0 Å². The number of ether oxygens (including phenoxy) is 2. The van der Waals surface area contributed by atoms with Crippen molar-refractivity contribution >= 4 is 17.6 Å². The highest BCUT2D eigenvalue weighted by molar-refractivity contribution is 6.50. The quantitative estimate of drug-likeness (QED) is 0.533. The SMILES string of the molecule is COc1cc2c(cc1OCc1ccccc1)CCN=C2C(=O)/C=C/c1ccccc1. The molecule has 3 aromatic rings. The van der Waals surface area contributed by atoms with E-state index in [1.54, 1.807) is 13.2 Å². The largest absolute Gasteiger partial charge is 0.493 e. The number of nitrogens with zero attached hydrogens (tertiary/aromatic N) is 1. The molecule has 1 aliphatic heterocycles. The van der Waals surface area contributed by atoms with Crippen LogP contribution in [-0.4, -0.2) is 25.1 Å². The van der Waals surface area contributed by atoms with Gasteiger partial charge in [0.25, 0.3) is 0 Å². The molecule has 0 bridgehead atoms. The summed E-state index contributed by atoms with van der Waals surface area (Å²) in [6.07, 6.45) is 4.16. The Bertz CT molecular complexity index is 1090. The standard InChI is InChI=1S/C26H23NO3/c1-29-24-17-22-21(16-25(24)30-18-20-10-6-3-7-11-20)14-15-27-26(22)23(28)13-12-19-8-4-2-5-9-19/h2-13,16-17H,14-15,18H2,1H3/b13-12+. The van der Waals surface area contributed by atoms with Gasteiger partial charge in [0.2, 0.25) is 5.78 Å². The number of carbonyl (C=O) groups excluding carboxylic acids is 1. The van der Waals surface area contributed by atoms with E-state index >= 15 is 0 Å². The van der Waals surface area contributed by atoms with Crippen LogP contribution >= 0.6 is 0 Å². The van der Waals surface area contributed by atoms with Gasteiger partial charge in [-0.25, -0.2) is 0 Å². The maximum atomic E-state index is 12.8. The lowest BCUT2D eigenvalue weighted by Crippen LogP contribution is -2.20. The van der Waals surface area contributed by atoms with Gasteiger partial charge in [-0.2, -0.15) is 0 Å². The van der Waals surface area contributed by atoms with E-state index in [4.69, 9.17) is 9.47 Å². The van der Waals surface area contributed by atoms with E-state index in [9.17, 15) is 4.79 Å². The molecule has 0 radical (unpaired) electrons. The van der Waals surface area contributed by atoms with Crippen molar-refractivity contribution in [1.82, 2.24) is 0 Å². The topological polar surface area (TPSA) is 47.9 Å². The summed E-state index contributed by atoms with van der Waals surface area (Å²) in [6.45, 7) is 1.04. The lowest BCUT2D eigenvalue weighted by Gasteiger charge is -2.19. The minimum atomic E-state index is -0.111. The maximum absolute atomic E-state index is 12.8. The van der Waals surface area contributed by atoms with E-state index in [0.29, 0.717) is 30.4 Å². The molecule has 150 valence electrons. The number of aliphatic imine (C=N–C) groups is 1. The highest BCUT2D eigenvalue weighted by Gasteiger charge is 2.22. The third-order valence-corrected chi connectivity index (χ3v) is 4.99. The maximum Gasteiger partial charge on any atom is 0.204 e. The Morgan fingerprint density at radius 2 is 1.73 bits per heavy atom. The molecule has 1 heterocycles. The third-order valence-electron chi connectivity index (χ3n) is 4.99. The lowest BCUT2D eigenvalue weighted by molar-refractivity contribution is -0.108. The van der Waals surface area contributed by atoms with E-state index < -0.39 is 0 Å². The number of ketones is 1. The van der Waals surface area contributed by atoms with Gasteiger partial charge >= 0.3 is 0 Å². The number of hydrogen-bond acceptors (Lipinski definition) is 4.